The van der Waals surface area contributed by atoms with Crippen LogP contribution in [0.4, 0.5) is 5.13 Å². The first-order valence-corrected chi connectivity index (χ1v) is 7.52. The van der Waals surface area contributed by atoms with Gasteiger partial charge in [-0.3, -0.25) is 0 Å². The van der Waals surface area contributed by atoms with E-state index in [-0.39, 0.29) is 0 Å². The highest BCUT2D eigenvalue weighted by molar-refractivity contribution is 7.15. The predicted molar refractivity (Wildman–Crippen MR) is 78.6 cm³/mol. The van der Waals surface area contributed by atoms with Crippen LogP contribution in [0.1, 0.15) is 31.3 Å². The number of anilines is 1. The molecule has 0 aliphatic heterocycles. The van der Waals surface area contributed by atoms with Gasteiger partial charge in [-0.1, -0.05) is 13.8 Å². The summed E-state index contributed by atoms with van der Waals surface area (Å²) in [5.41, 5.74) is 1.22. The Morgan fingerprint density at radius 2 is 2.11 bits per heavy atom. The fourth-order valence-corrected chi connectivity index (χ4v) is 2.73. The average molecular weight is 271 g/mol. The Balaban J connectivity index is 2.61. The van der Waals surface area contributed by atoms with Gasteiger partial charge in [-0.25, -0.2) is 4.98 Å². The molecule has 1 rings (SSSR count). The topological polar surface area (TPSA) is 37.4 Å². The van der Waals surface area contributed by atoms with E-state index in [1.807, 2.05) is 6.92 Å². The van der Waals surface area contributed by atoms with Crippen LogP contribution in [0.5, 0.6) is 0 Å². The van der Waals surface area contributed by atoms with E-state index in [2.05, 4.69) is 31.1 Å². The van der Waals surface area contributed by atoms with Crippen molar-refractivity contribution in [1.29, 1.82) is 0 Å². The standard InChI is InChI=1S/C13H25N3OS/c1-5-11-12(10-14-6-2)18-13(15-11)16(4)8-9-17-7-3/h14H,5-10H2,1-4H3. The van der Waals surface area contributed by atoms with E-state index >= 15 is 0 Å². The molecule has 1 N–H and O–H groups in total. The Bertz CT molecular complexity index is 341. The molecule has 0 atom stereocenters. The summed E-state index contributed by atoms with van der Waals surface area (Å²) < 4.78 is 5.38. The number of aryl methyl sites for hydroxylation is 1. The Morgan fingerprint density at radius 1 is 1.33 bits per heavy atom. The number of rotatable bonds is 9. The molecule has 0 amide bonds. The molecular formula is C13H25N3OS. The summed E-state index contributed by atoms with van der Waals surface area (Å²) in [7, 11) is 2.08. The smallest absolute Gasteiger partial charge is 0.185 e. The Kier molecular flexibility index (Phi) is 7.23. The lowest BCUT2D eigenvalue weighted by Crippen LogP contribution is -2.22. The number of ether oxygens (including phenoxy) is 1. The molecule has 5 heteroatoms. The second-order valence-corrected chi connectivity index (χ2v) is 5.18. The number of aromatic nitrogens is 1. The van der Waals surface area contributed by atoms with E-state index in [0.717, 1.165) is 44.4 Å². The number of likely N-dealkylation sites (N-methyl/N-ethyl adjacent to an activating group) is 1. The van der Waals surface area contributed by atoms with Crippen LogP contribution in [0.15, 0.2) is 0 Å². The monoisotopic (exact) mass is 271 g/mol. The summed E-state index contributed by atoms with van der Waals surface area (Å²) in [5.74, 6) is 0. The lowest BCUT2D eigenvalue weighted by atomic mass is 10.3. The molecule has 0 aliphatic rings. The Labute approximate surface area is 114 Å². The summed E-state index contributed by atoms with van der Waals surface area (Å²) in [4.78, 5) is 8.24. The van der Waals surface area contributed by atoms with Gasteiger partial charge in [0.1, 0.15) is 0 Å². The molecule has 0 unspecified atom stereocenters. The molecule has 0 bridgehead atoms. The summed E-state index contributed by atoms with van der Waals surface area (Å²) in [6, 6.07) is 0. The van der Waals surface area contributed by atoms with E-state index in [1.54, 1.807) is 11.3 Å². The second-order valence-electron chi connectivity index (χ2n) is 4.12. The van der Waals surface area contributed by atoms with Gasteiger partial charge in [-0.2, -0.15) is 0 Å². The first-order chi connectivity index (χ1) is 8.72. The molecule has 0 aliphatic carbocycles. The van der Waals surface area contributed by atoms with Crippen molar-refractivity contribution < 1.29 is 4.74 Å². The maximum atomic E-state index is 5.38. The first kappa shape index (κ1) is 15.4. The zero-order valence-corrected chi connectivity index (χ0v) is 12.8. The zero-order valence-electron chi connectivity index (χ0n) is 12.0. The SMILES string of the molecule is CCNCc1sc(N(C)CCOCC)nc1CC. The summed E-state index contributed by atoms with van der Waals surface area (Å²) in [5, 5.41) is 4.47. The van der Waals surface area contributed by atoms with Gasteiger partial charge in [0.25, 0.3) is 0 Å². The van der Waals surface area contributed by atoms with Gasteiger partial charge in [-0.15, -0.1) is 11.3 Å². The van der Waals surface area contributed by atoms with Crippen LogP contribution in [-0.4, -0.2) is 38.3 Å². The maximum absolute atomic E-state index is 5.38. The predicted octanol–water partition coefficient (Wildman–Crippen LogP) is 2.29. The van der Waals surface area contributed by atoms with Crippen molar-refractivity contribution >= 4 is 16.5 Å². The third-order valence-electron chi connectivity index (χ3n) is 2.74. The minimum atomic E-state index is 0.760. The van der Waals surface area contributed by atoms with E-state index in [9.17, 15) is 0 Å². The highest BCUT2D eigenvalue weighted by Gasteiger charge is 2.12. The minimum Gasteiger partial charge on any atom is -0.380 e. The largest absolute Gasteiger partial charge is 0.380 e. The molecule has 1 aromatic rings. The fraction of sp³-hybridized carbons (Fsp3) is 0.769. The Morgan fingerprint density at radius 3 is 2.72 bits per heavy atom. The maximum Gasteiger partial charge on any atom is 0.185 e. The number of nitrogens with one attached hydrogen (secondary N) is 1. The molecule has 0 fully saturated rings. The van der Waals surface area contributed by atoms with Crippen molar-refractivity contribution in [3.05, 3.63) is 10.6 Å². The highest BCUT2D eigenvalue weighted by atomic mass is 32.1. The number of nitrogens with zero attached hydrogens (tertiary/aromatic N) is 2. The normalized spacial score (nSPS) is 10.9. The van der Waals surface area contributed by atoms with Crippen LogP contribution in [0, 0.1) is 0 Å². The van der Waals surface area contributed by atoms with E-state index in [0.29, 0.717) is 0 Å². The molecule has 0 radical (unpaired) electrons. The summed E-state index contributed by atoms with van der Waals surface area (Å²) in [6.07, 6.45) is 0.997. The summed E-state index contributed by atoms with van der Waals surface area (Å²) in [6.45, 7) is 10.7. The van der Waals surface area contributed by atoms with Crippen LogP contribution in [-0.2, 0) is 17.7 Å². The summed E-state index contributed by atoms with van der Waals surface area (Å²) >= 11 is 1.79. The van der Waals surface area contributed by atoms with Crippen LogP contribution in [0.3, 0.4) is 0 Å². The van der Waals surface area contributed by atoms with E-state index < -0.39 is 0 Å². The molecule has 1 aromatic heterocycles. The highest BCUT2D eigenvalue weighted by Crippen LogP contribution is 2.25. The van der Waals surface area contributed by atoms with E-state index in [1.165, 1.54) is 10.6 Å². The van der Waals surface area contributed by atoms with Gasteiger partial charge >= 0.3 is 0 Å². The van der Waals surface area contributed by atoms with Gasteiger partial charge in [-0.05, 0) is 19.9 Å². The van der Waals surface area contributed by atoms with Crippen molar-refractivity contribution in [1.82, 2.24) is 10.3 Å². The van der Waals surface area contributed by atoms with Crippen LogP contribution in [0.2, 0.25) is 0 Å². The lowest BCUT2D eigenvalue weighted by molar-refractivity contribution is 0.154. The molecule has 0 spiro atoms. The molecular weight excluding hydrogens is 246 g/mol. The van der Waals surface area contributed by atoms with Gasteiger partial charge in [0, 0.05) is 31.6 Å². The minimum absolute atomic E-state index is 0.760. The van der Waals surface area contributed by atoms with Gasteiger partial charge in [0.2, 0.25) is 0 Å². The van der Waals surface area contributed by atoms with Gasteiger partial charge in [0.05, 0.1) is 12.3 Å². The van der Waals surface area contributed by atoms with Crippen LogP contribution in [0.25, 0.3) is 0 Å². The molecule has 4 nitrogen and oxygen atoms in total. The second kappa shape index (κ2) is 8.45. The molecule has 0 saturated heterocycles. The number of hydrogen-bond donors (Lipinski definition) is 1. The number of hydrogen-bond acceptors (Lipinski definition) is 5. The fourth-order valence-electron chi connectivity index (χ4n) is 1.63. The quantitative estimate of drug-likeness (QED) is 0.699. The Hall–Kier alpha value is -0.650. The van der Waals surface area contributed by atoms with Crippen molar-refractivity contribution in [2.75, 3.05) is 38.3 Å². The number of thiazole rings is 1. The molecule has 0 saturated carbocycles. The van der Waals surface area contributed by atoms with Crippen LogP contribution >= 0.6 is 11.3 Å². The molecule has 1 heterocycles. The van der Waals surface area contributed by atoms with Crippen molar-refractivity contribution in [3.63, 3.8) is 0 Å². The van der Waals surface area contributed by atoms with Crippen molar-refractivity contribution in [2.45, 2.75) is 33.7 Å². The molecule has 18 heavy (non-hydrogen) atoms. The third-order valence-corrected chi connectivity index (χ3v) is 3.95. The van der Waals surface area contributed by atoms with Crippen molar-refractivity contribution in [3.8, 4) is 0 Å². The van der Waals surface area contributed by atoms with Gasteiger partial charge < -0.3 is 15.0 Å². The molecule has 104 valence electrons. The first-order valence-electron chi connectivity index (χ1n) is 6.71. The van der Waals surface area contributed by atoms with Crippen LogP contribution < -0.4 is 10.2 Å². The average Bonchev–Trinajstić information content (AvgIpc) is 2.79. The zero-order chi connectivity index (χ0) is 13.4. The lowest BCUT2D eigenvalue weighted by Gasteiger charge is -2.15. The van der Waals surface area contributed by atoms with Gasteiger partial charge in [0.15, 0.2) is 5.13 Å². The van der Waals surface area contributed by atoms with Crippen molar-refractivity contribution in [2.24, 2.45) is 0 Å². The third kappa shape index (κ3) is 4.55. The molecule has 0 aromatic carbocycles. The van der Waals surface area contributed by atoms with E-state index in [4.69, 9.17) is 9.72 Å².